The minimum absolute atomic E-state index is 0.455. The SMILES string of the molecule is Clc1nccnc1Cc1cccnc1. The number of hydrogen-bond donors (Lipinski definition) is 0. The van der Waals surface area contributed by atoms with Crippen LogP contribution in [0.4, 0.5) is 0 Å². The Labute approximate surface area is 86.8 Å². The molecule has 0 aromatic carbocycles. The first-order chi connectivity index (χ1) is 6.86. The molecule has 0 saturated heterocycles. The molecule has 0 N–H and O–H groups in total. The van der Waals surface area contributed by atoms with E-state index in [0.717, 1.165) is 11.3 Å². The Bertz CT molecular complexity index is 417. The second kappa shape index (κ2) is 4.15. The first-order valence-electron chi connectivity index (χ1n) is 4.20. The van der Waals surface area contributed by atoms with Crippen molar-refractivity contribution in [3.63, 3.8) is 0 Å². The Morgan fingerprint density at radius 1 is 1.14 bits per heavy atom. The van der Waals surface area contributed by atoms with Crippen LogP contribution in [-0.2, 0) is 6.42 Å². The summed E-state index contributed by atoms with van der Waals surface area (Å²) in [6.07, 6.45) is 7.42. The van der Waals surface area contributed by atoms with Crippen LogP contribution in [0.2, 0.25) is 5.15 Å². The molecule has 4 heteroatoms. The largest absolute Gasteiger partial charge is 0.264 e. The first kappa shape index (κ1) is 9.09. The molecule has 0 aliphatic rings. The van der Waals surface area contributed by atoms with Crippen LogP contribution in [0.1, 0.15) is 11.3 Å². The normalized spacial score (nSPS) is 10.1. The van der Waals surface area contributed by atoms with E-state index in [4.69, 9.17) is 11.6 Å². The molecule has 0 bridgehead atoms. The van der Waals surface area contributed by atoms with E-state index < -0.39 is 0 Å². The van der Waals surface area contributed by atoms with Crippen LogP contribution in [-0.4, -0.2) is 15.0 Å². The van der Waals surface area contributed by atoms with Gasteiger partial charge in [0.25, 0.3) is 0 Å². The van der Waals surface area contributed by atoms with E-state index in [1.54, 1.807) is 24.8 Å². The summed E-state index contributed by atoms with van der Waals surface area (Å²) >= 11 is 5.88. The van der Waals surface area contributed by atoms with Crippen molar-refractivity contribution in [2.75, 3.05) is 0 Å². The van der Waals surface area contributed by atoms with E-state index in [0.29, 0.717) is 11.6 Å². The molecule has 14 heavy (non-hydrogen) atoms. The van der Waals surface area contributed by atoms with Gasteiger partial charge >= 0.3 is 0 Å². The van der Waals surface area contributed by atoms with E-state index >= 15 is 0 Å². The molecule has 2 aromatic heterocycles. The van der Waals surface area contributed by atoms with Crippen LogP contribution in [0.25, 0.3) is 0 Å². The molecule has 70 valence electrons. The third-order valence-electron chi connectivity index (χ3n) is 1.82. The predicted molar refractivity (Wildman–Crippen MR) is 54.1 cm³/mol. The maximum Gasteiger partial charge on any atom is 0.150 e. The lowest BCUT2D eigenvalue weighted by Gasteiger charge is -2.00. The van der Waals surface area contributed by atoms with Gasteiger partial charge in [-0.2, -0.15) is 0 Å². The molecule has 2 rings (SSSR count). The second-order valence-electron chi connectivity index (χ2n) is 2.83. The molecule has 0 fully saturated rings. The van der Waals surface area contributed by atoms with Gasteiger partial charge in [-0.25, -0.2) is 4.98 Å². The topological polar surface area (TPSA) is 38.7 Å². The standard InChI is InChI=1S/C10H8ClN3/c11-10-9(13-4-5-14-10)6-8-2-1-3-12-7-8/h1-5,7H,6H2. The molecular weight excluding hydrogens is 198 g/mol. The minimum atomic E-state index is 0.455. The van der Waals surface area contributed by atoms with Crippen LogP contribution in [0.15, 0.2) is 36.9 Å². The summed E-state index contributed by atoms with van der Waals surface area (Å²) in [5.41, 5.74) is 1.86. The predicted octanol–water partition coefficient (Wildman–Crippen LogP) is 2.12. The van der Waals surface area contributed by atoms with Crippen LogP contribution in [0.3, 0.4) is 0 Å². The summed E-state index contributed by atoms with van der Waals surface area (Å²) in [6.45, 7) is 0. The monoisotopic (exact) mass is 205 g/mol. The number of halogens is 1. The molecule has 0 radical (unpaired) electrons. The molecule has 0 saturated carbocycles. The molecule has 0 amide bonds. The molecule has 0 atom stereocenters. The van der Waals surface area contributed by atoms with Crippen molar-refractivity contribution < 1.29 is 0 Å². The van der Waals surface area contributed by atoms with Crippen molar-refractivity contribution >= 4 is 11.6 Å². The molecular formula is C10H8ClN3. The number of rotatable bonds is 2. The lowest BCUT2D eigenvalue weighted by Crippen LogP contribution is -1.94. The van der Waals surface area contributed by atoms with Gasteiger partial charge in [0.2, 0.25) is 0 Å². The van der Waals surface area contributed by atoms with E-state index in [1.165, 1.54) is 0 Å². The van der Waals surface area contributed by atoms with Crippen molar-refractivity contribution in [1.82, 2.24) is 15.0 Å². The lowest BCUT2D eigenvalue weighted by molar-refractivity contribution is 1.02. The van der Waals surface area contributed by atoms with Gasteiger partial charge in [-0.15, -0.1) is 0 Å². The summed E-state index contributed by atoms with van der Waals surface area (Å²) in [4.78, 5) is 12.1. The van der Waals surface area contributed by atoms with Gasteiger partial charge < -0.3 is 0 Å². The zero-order chi connectivity index (χ0) is 9.80. The minimum Gasteiger partial charge on any atom is -0.264 e. The Morgan fingerprint density at radius 3 is 2.71 bits per heavy atom. The van der Waals surface area contributed by atoms with Gasteiger partial charge in [-0.1, -0.05) is 17.7 Å². The van der Waals surface area contributed by atoms with Crippen LogP contribution < -0.4 is 0 Å². The third-order valence-corrected chi connectivity index (χ3v) is 2.13. The van der Waals surface area contributed by atoms with E-state index in [2.05, 4.69) is 15.0 Å². The molecule has 2 heterocycles. The number of pyridine rings is 1. The molecule has 0 unspecified atom stereocenters. The van der Waals surface area contributed by atoms with Crippen molar-refractivity contribution in [2.45, 2.75) is 6.42 Å². The zero-order valence-corrected chi connectivity index (χ0v) is 8.15. The molecule has 3 nitrogen and oxygen atoms in total. The maximum absolute atomic E-state index is 5.88. The highest BCUT2D eigenvalue weighted by molar-refractivity contribution is 6.30. The molecule has 0 aliphatic carbocycles. The summed E-state index contributed by atoms with van der Waals surface area (Å²) in [6, 6.07) is 3.87. The van der Waals surface area contributed by atoms with Gasteiger partial charge in [-0.05, 0) is 11.6 Å². The van der Waals surface area contributed by atoms with Crippen molar-refractivity contribution in [3.05, 3.63) is 53.3 Å². The Hall–Kier alpha value is -1.48. The fraction of sp³-hybridized carbons (Fsp3) is 0.100. The summed E-state index contributed by atoms with van der Waals surface area (Å²) in [5.74, 6) is 0. The Kier molecular flexibility index (Phi) is 2.70. The molecule has 0 spiro atoms. The van der Waals surface area contributed by atoms with Crippen LogP contribution in [0.5, 0.6) is 0 Å². The van der Waals surface area contributed by atoms with Gasteiger partial charge in [0, 0.05) is 31.2 Å². The number of hydrogen-bond acceptors (Lipinski definition) is 3. The van der Waals surface area contributed by atoms with E-state index in [1.807, 2.05) is 12.1 Å². The average molecular weight is 206 g/mol. The van der Waals surface area contributed by atoms with E-state index in [-0.39, 0.29) is 0 Å². The highest BCUT2D eigenvalue weighted by Gasteiger charge is 2.02. The van der Waals surface area contributed by atoms with Gasteiger partial charge in [-0.3, -0.25) is 9.97 Å². The molecule has 0 aliphatic heterocycles. The maximum atomic E-state index is 5.88. The highest BCUT2D eigenvalue weighted by atomic mass is 35.5. The fourth-order valence-corrected chi connectivity index (χ4v) is 1.34. The van der Waals surface area contributed by atoms with Gasteiger partial charge in [0.1, 0.15) is 0 Å². The summed E-state index contributed by atoms with van der Waals surface area (Å²) < 4.78 is 0. The fourth-order valence-electron chi connectivity index (χ4n) is 1.16. The number of aromatic nitrogens is 3. The quantitative estimate of drug-likeness (QED) is 0.754. The van der Waals surface area contributed by atoms with Crippen LogP contribution in [0, 0.1) is 0 Å². The van der Waals surface area contributed by atoms with Crippen molar-refractivity contribution in [2.24, 2.45) is 0 Å². The molecule has 2 aromatic rings. The summed E-state index contributed by atoms with van der Waals surface area (Å²) in [7, 11) is 0. The Morgan fingerprint density at radius 2 is 2.00 bits per heavy atom. The van der Waals surface area contributed by atoms with Crippen molar-refractivity contribution in [3.8, 4) is 0 Å². The van der Waals surface area contributed by atoms with E-state index in [9.17, 15) is 0 Å². The van der Waals surface area contributed by atoms with Crippen LogP contribution >= 0.6 is 11.6 Å². The van der Waals surface area contributed by atoms with Gasteiger partial charge in [0.15, 0.2) is 5.15 Å². The highest BCUT2D eigenvalue weighted by Crippen LogP contribution is 2.12. The Balaban J connectivity index is 2.24. The third kappa shape index (κ3) is 2.06. The zero-order valence-electron chi connectivity index (χ0n) is 7.39. The first-order valence-corrected chi connectivity index (χ1v) is 4.58. The van der Waals surface area contributed by atoms with Gasteiger partial charge in [0.05, 0.1) is 5.69 Å². The van der Waals surface area contributed by atoms with Crippen molar-refractivity contribution in [1.29, 1.82) is 0 Å². The summed E-state index contributed by atoms with van der Waals surface area (Å²) in [5, 5.41) is 0.455. The number of nitrogens with zero attached hydrogens (tertiary/aromatic N) is 3. The lowest BCUT2D eigenvalue weighted by atomic mass is 10.2. The average Bonchev–Trinajstić information content (AvgIpc) is 2.23. The second-order valence-corrected chi connectivity index (χ2v) is 3.19. The smallest absolute Gasteiger partial charge is 0.150 e.